The lowest BCUT2D eigenvalue weighted by molar-refractivity contribution is 0.0702. The fraction of sp³-hybridized carbons (Fsp3) is 0.625. The lowest BCUT2D eigenvalue weighted by Gasteiger charge is -2.27. The first-order valence-electron chi connectivity index (χ1n) is 7.40. The third-order valence-electron chi connectivity index (χ3n) is 3.89. The molecule has 2 N–H and O–H groups in total. The number of aliphatic hydroxyl groups excluding tert-OH is 1. The fourth-order valence-electron chi connectivity index (χ4n) is 2.56. The highest BCUT2D eigenvalue weighted by molar-refractivity contribution is 5.27. The highest BCUT2D eigenvalue weighted by atomic mass is 16.5. The molecular weight excluding hydrogens is 238 g/mol. The van der Waals surface area contributed by atoms with Gasteiger partial charge in [0.05, 0.1) is 12.7 Å². The Morgan fingerprint density at radius 3 is 2.79 bits per heavy atom. The molecule has 1 heterocycles. The van der Waals surface area contributed by atoms with E-state index < -0.39 is 0 Å². The molecule has 1 aliphatic heterocycles. The second kappa shape index (κ2) is 7.51. The Labute approximate surface area is 116 Å². The van der Waals surface area contributed by atoms with Crippen LogP contribution in [0.4, 0.5) is 0 Å². The number of benzene rings is 1. The molecule has 0 saturated carbocycles. The molecule has 3 heteroatoms. The number of hydrogen-bond donors (Lipinski definition) is 2. The van der Waals surface area contributed by atoms with Gasteiger partial charge in [0.1, 0.15) is 5.75 Å². The monoisotopic (exact) mass is 263 g/mol. The third-order valence-corrected chi connectivity index (χ3v) is 3.89. The van der Waals surface area contributed by atoms with Gasteiger partial charge in [-0.25, -0.2) is 0 Å². The number of aryl methyl sites for hydroxylation is 1. The zero-order chi connectivity index (χ0) is 13.5. The summed E-state index contributed by atoms with van der Waals surface area (Å²) in [4.78, 5) is 0. The molecule has 2 unspecified atom stereocenters. The van der Waals surface area contributed by atoms with E-state index in [2.05, 4.69) is 24.4 Å². The molecule has 19 heavy (non-hydrogen) atoms. The fourth-order valence-corrected chi connectivity index (χ4v) is 2.56. The maximum absolute atomic E-state index is 10.1. The van der Waals surface area contributed by atoms with Crippen LogP contribution in [0.1, 0.15) is 31.7 Å². The second-order valence-electron chi connectivity index (χ2n) is 5.31. The smallest absolute Gasteiger partial charge is 0.119 e. The van der Waals surface area contributed by atoms with Gasteiger partial charge >= 0.3 is 0 Å². The van der Waals surface area contributed by atoms with Crippen LogP contribution >= 0.6 is 0 Å². The summed E-state index contributed by atoms with van der Waals surface area (Å²) < 4.78 is 5.69. The van der Waals surface area contributed by atoms with Crippen LogP contribution in [0.3, 0.4) is 0 Å². The average Bonchev–Trinajstić information content (AvgIpc) is 2.49. The molecular formula is C16H25NO2. The van der Waals surface area contributed by atoms with Gasteiger partial charge in [-0.1, -0.05) is 19.1 Å². The van der Waals surface area contributed by atoms with Crippen molar-refractivity contribution in [1.82, 2.24) is 5.32 Å². The van der Waals surface area contributed by atoms with Crippen LogP contribution in [-0.4, -0.2) is 30.9 Å². The quantitative estimate of drug-likeness (QED) is 0.828. The van der Waals surface area contributed by atoms with Crippen molar-refractivity contribution in [2.75, 3.05) is 19.7 Å². The first-order valence-corrected chi connectivity index (χ1v) is 7.40. The van der Waals surface area contributed by atoms with E-state index in [0.717, 1.165) is 31.7 Å². The van der Waals surface area contributed by atoms with Gasteiger partial charge < -0.3 is 15.2 Å². The Morgan fingerprint density at radius 2 is 2.16 bits per heavy atom. The summed E-state index contributed by atoms with van der Waals surface area (Å²) in [7, 11) is 0. The van der Waals surface area contributed by atoms with E-state index >= 15 is 0 Å². The standard InChI is InChI=1S/C16H25NO2/c1-2-13-5-7-15(8-6-13)19-11-9-16(18)14-4-3-10-17-12-14/h5-8,14,16-18H,2-4,9-12H2,1H3. The summed E-state index contributed by atoms with van der Waals surface area (Å²) in [6.07, 6.45) is 3.80. The molecule has 0 spiro atoms. The topological polar surface area (TPSA) is 41.5 Å². The highest BCUT2D eigenvalue weighted by Gasteiger charge is 2.21. The lowest BCUT2D eigenvalue weighted by atomic mass is 9.92. The van der Waals surface area contributed by atoms with Crippen LogP contribution in [0.2, 0.25) is 0 Å². The van der Waals surface area contributed by atoms with Crippen LogP contribution in [0.15, 0.2) is 24.3 Å². The zero-order valence-electron chi connectivity index (χ0n) is 11.8. The van der Waals surface area contributed by atoms with Gasteiger partial charge in [0.15, 0.2) is 0 Å². The molecule has 3 nitrogen and oxygen atoms in total. The van der Waals surface area contributed by atoms with Gasteiger partial charge in [-0.3, -0.25) is 0 Å². The number of aliphatic hydroxyl groups is 1. The van der Waals surface area contributed by atoms with Crippen molar-refractivity contribution in [2.24, 2.45) is 5.92 Å². The van der Waals surface area contributed by atoms with Gasteiger partial charge in [-0.15, -0.1) is 0 Å². The van der Waals surface area contributed by atoms with Crippen molar-refractivity contribution in [3.63, 3.8) is 0 Å². The maximum Gasteiger partial charge on any atom is 0.119 e. The Kier molecular flexibility index (Phi) is 5.67. The summed E-state index contributed by atoms with van der Waals surface area (Å²) >= 11 is 0. The number of ether oxygens (including phenoxy) is 1. The summed E-state index contributed by atoms with van der Waals surface area (Å²) in [5, 5.41) is 13.4. The number of hydrogen-bond acceptors (Lipinski definition) is 3. The molecule has 1 aliphatic rings. The first kappa shape index (κ1) is 14.4. The minimum atomic E-state index is -0.247. The molecule has 0 radical (unpaired) electrons. The Hall–Kier alpha value is -1.06. The molecule has 1 aromatic carbocycles. The van der Waals surface area contributed by atoms with Crippen molar-refractivity contribution in [1.29, 1.82) is 0 Å². The largest absolute Gasteiger partial charge is 0.493 e. The molecule has 0 bridgehead atoms. The van der Waals surface area contributed by atoms with Crippen LogP contribution in [0, 0.1) is 5.92 Å². The summed E-state index contributed by atoms with van der Waals surface area (Å²) in [5.74, 6) is 1.28. The predicted molar refractivity (Wildman–Crippen MR) is 77.5 cm³/mol. The highest BCUT2D eigenvalue weighted by Crippen LogP contribution is 2.18. The van der Waals surface area contributed by atoms with Gasteiger partial charge in [-0.2, -0.15) is 0 Å². The second-order valence-corrected chi connectivity index (χ2v) is 5.31. The van der Waals surface area contributed by atoms with E-state index in [-0.39, 0.29) is 6.10 Å². The lowest BCUT2D eigenvalue weighted by Crippen LogP contribution is -2.37. The van der Waals surface area contributed by atoms with Crippen LogP contribution in [-0.2, 0) is 6.42 Å². The maximum atomic E-state index is 10.1. The SMILES string of the molecule is CCc1ccc(OCCC(O)C2CCCNC2)cc1. The van der Waals surface area contributed by atoms with Crippen molar-refractivity contribution < 1.29 is 9.84 Å². The minimum absolute atomic E-state index is 0.247. The molecule has 0 aliphatic carbocycles. The van der Waals surface area contributed by atoms with Crippen LogP contribution in [0.25, 0.3) is 0 Å². The summed E-state index contributed by atoms with van der Waals surface area (Å²) in [6.45, 7) is 4.75. The van der Waals surface area contributed by atoms with Crippen molar-refractivity contribution in [3.8, 4) is 5.75 Å². The molecule has 0 amide bonds. The van der Waals surface area contributed by atoms with E-state index in [9.17, 15) is 5.11 Å². The van der Waals surface area contributed by atoms with Crippen LogP contribution in [0.5, 0.6) is 5.75 Å². The first-order chi connectivity index (χ1) is 9.29. The number of nitrogens with one attached hydrogen (secondary N) is 1. The van der Waals surface area contributed by atoms with Crippen LogP contribution < -0.4 is 10.1 Å². The Morgan fingerprint density at radius 1 is 1.37 bits per heavy atom. The molecule has 106 valence electrons. The minimum Gasteiger partial charge on any atom is -0.493 e. The van der Waals surface area contributed by atoms with Gasteiger partial charge in [0.25, 0.3) is 0 Å². The molecule has 2 atom stereocenters. The normalized spacial score (nSPS) is 21.1. The van der Waals surface area contributed by atoms with Crippen molar-refractivity contribution in [2.45, 2.75) is 38.7 Å². The van der Waals surface area contributed by atoms with Gasteiger partial charge in [0, 0.05) is 13.0 Å². The summed E-state index contributed by atoms with van der Waals surface area (Å²) in [5.41, 5.74) is 1.32. The molecule has 1 saturated heterocycles. The molecule has 2 rings (SSSR count). The third kappa shape index (κ3) is 4.51. The van der Waals surface area contributed by atoms with E-state index in [0.29, 0.717) is 18.9 Å². The zero-order valence-corrected chi connectivity index (χ0v) is 11.8. The van der Waals surface area contributed by atoms with E-state index in [4.69, 9.17) is 4.74 Å². The van der Waals surface area contributed by atoms with E-state index in [1.807, 2.05) is 12.1 Å². The summed E-state index contributed by atoms with van der Waals surface area (Å²) in [6, 6.07) is 8.20. The Bertz CT molecular complexity index is 358. The Balaban J connectivity index is 1.69. The predicted octanol–water partition coefficient (Wildman–Crippen LogP) is 2.38. The van der Waals surface area contributed by atoms with E-state index in [1.54, 1.807) is 0 Å². The number of piperidine rings is 1. The van der Waals surface area contributed by atoms with Gasteiger partial charge in [0.2, 0.25) is 0 Å². The van der Waals surface area contributed by atoms with E-state index in [1.165, 1.54) is 12.0 Å². The molecule has 0 aromatic heterocycles. The van der Waals surface area contributed by atoms with Crippen molar-refractivity contribution >= 4 is 0 Å². The molecule has 1 aromatic rings. The average molecular weight is 263 g/mol. The van der Waals surface area contributed by atoms with Gasteiger partial charge in [-0.05, 0) is 49.4 Å². The number of rotatable bonds is 6. The molecule has 1 fully saturated rings. The van der Waals surface area contributed by atoms with Crippen molar-refractivity contribution in [3.05, 3.63) is 29.8 Å².